The van der Waals surface area contributed by atoms with E-state index in [0.717, 1.165) is 18.6 Å². The summed E-state index contributed by atoms with van der Waals surface area (Å²) in [6.07, 6.45) is 2.00. The van der Waals surface area contributed by atoms with Crippen LogP contribution in [0.4, 0.5) is 0 Å². The van der Waals surface area contributed by atoms with Crippen molar-refractivity contribution in [3.8, 4) is 5.75 Å². The fourth-order valence-corrected chi connectivity index (χ4v) is 2.18. The number of methoxy groups -OCH3 is 1. The van der Waals surface area contributed by atoms with Crippen LogP contribution in [0.5, 0.6) is 5.75 Å². The first-order chi connectivity index (χ1) is 8.19. The molecule has 0 heterocycles. The van der Waals surface area contributed by atoms with E-state index in [4.69, 9.17) is 9.84 Å². The number of benzene rings is 1. The van der Waals surface area contributed by atoms with Gasteiger partial charge < -0.3 is 15.2 Å². The molecule has 1 fully saturated rings. The lowest BCUT2D eigenvalue weighted by Gasteiger charge is -2.36. The number of nitrogens with one attached hydrogen (secondary N) is 1. The minimum atomic E-state index is -0.796. The van der Waals surface area contributed by atoms with Crippen LogP contribution in [0.15, 0.2) is 24.3 Å². The maximum atomic E-state index is 10.4. The lowest BCUT2D eigenvalue weighted by Crippen LogP contribution is -2.42. The fourth-order valence-electron chi connectivity index (χ4n) is 2.18. The van der Waals surface area contributed by atoms with E-state index in [9.17, 15) is 4.79 Å². The summed E-state index contributed by atoms with van der Waals surface area (Å²) in [7, 11) is 1.66. The number of ether oxygens (including phenoxy) is 1. The van der Waals surface area contributed by atoms with E-state index in [1.165, 1.54) is 5.56 Å². The van der Waals surface area contributed by atoms with Gasteiger partial charge in [-0.05, 0) is 36.5 Å². The molecule has 0 unspecified atom stereocenters. The van der Waals surface area contributed by atoms with Gasteiger partial charge >= 0.3 is 5.97 Å². The van der Waals surface area contributed by atoms with Crippen LogP contribution in [0.3, 0.4) is 0 Å². The van der Waals surface area contributed by atoms with Crippen molar-refractivity contribution in [1.29, 1.82) is 0 Å². The molecule has 1 aromatic rings. The summed E-state index contributed by atoms with van der Waals surface area (Å²) in [5.74, 6) is 0.607. The number of carbonyl (C=O) groups is 1. The molecular formula is C13H17NO3. The normalized spacial score (nSPS) is 22.9. The van der Waals surface area contributed by atoms with Crippen LogP contribution in [0.25, 0.3) is 0 Å². The van der Waals surface area contributed by atoms with Crippen LogP contribution < -0.4 is 10.1 Å². The van der Waals surface area contributed by atoms with Gasteiger partial charge in [0.05, 0.1) is 13.7 Å². The molecule has 0 bridgehead atoms. The first-order valence-electron chi connectivity index (χ1n) is 5.78. The second-order valence-electron chi connectivity index (χ2n) is 4.42. The van der Waals surface area contributed by atoms with Crippen molar-refractivity contribution >= 4 is 5.97 Å². The van der Waals surface area contributed by atoms with E-state index in [2.05, 4.69) is 17.4 Å². The van der Waals surface area contributed by atoms with Gasteiger partial charge in [0.2, 0.25) is 0 Å². The molecule has 2 rings (SSSR count). The second-order valence-corrected chi connectivity index (χ2v) is 4.42. The third-order valence-corrected chi connectivity index (χ3v) is 3.25. The maximum Gasteiger partial charge on any atom is 0.317 e. The van der Waals surface area contributed by atoms with E-state index in [1.54, 1.807) is 7.11 Å². The zero-order valence-electron chi connectivity index (χ0n) is 9.85. The zero-order valence-corrected chi connectivity index (χ0v) is 9.85. The van der Waals surface area contributed by atoms with Crippen LogP contribution in [-0.4, -0.2) is 30.8 Å². The van der Waals surface area contributed by atoms with Crippen molar-refractivity contribution in [3.63, 3.8) is 0 Å². The van der Waals surface area contributed by atoms with Gasteiger partial charge in [0.25, 0.3) is 0 Å². The van der Waals surface area contributed by atoms with Crippen LogP contribution in [0, 0.1) is 0 Å². The summed E-state index contributed by atoms with van der Waals surface area (Å²) in [5.41, 5.74) is 1.28. The Morgan fingerprint density at radius 3 is 2.94 bits per heavy atom. The Balaban J connectivity index is 1.84. The number of hydrogen-bond donors (Lipinski definition) is 2. The molecule has 1 aliphatic rings. The Bertz CT molecular complexity index is 399. The Kier molecular flexibility index (Phi) is 3.64. The van der Waals surface area contributed by atoms with Crippen molar-refractivity contribution < 1.29 is 14.6 Å². The Morgan fingerprint density at radius 1 is 1.53 bits per heavy atom. The summed E-state index contributed by atoms with van der Waals surface area (Å²) in [6.45, 7) is 0.0511. The van der Waals surface area contributed by atoms with Gasteiger partial charge in [-0.25, -0.2) is 0 Å². The van der Waals surface area contributed by atoms with Crippen LogP contribution in [0.2, 0.25) is 0 Å². The maximum absolute atomic E-state index is 10.4. The number of carboxylic acids is 1. The van der Waals surface area contributed by atoms with Crippen molar-refractivity contribution in [2.45, 2.75) is 24.8 Å². The quantitative estimate of drug-likeness (QED) is 0.814. The summed E-state index contributed by atoms with van der Waals surface area (Å²) < 4.78 is 5.19. The third kappa shape index (κ3) is 2.97. The van der Waals surface area contributed by atoms with Crippen LogP contribution >= 0.6 is 0 Å². The number of rotatable bonds is 5. The smallest absolute Gasteiger partial charge is 0.317 e. The summed E-state index contributed by atoms with van der Waals surface area (Å²) >= 11 is 0. The van der Waals surface area contributed by atoms with E-state index in [1.807, 2.05) is 12.1 Å². The van der Waals surface area contributed by atoms with Gasteiger partial charge in [0, 0.05) is 6.04 Å². The van der Waals surface area contributed by atoms with Gasteiger partial charge in [0.15, 0.2) is 0 Å². The zero-order chi connectivity index (χ0) is 12.3. The Morgan fingerprint density at radius 2 is 2.29 bits per heavy atom. The van der Waals surface area contributed by atoms with Crippen molar-refractivity contribution in [2.75, 3.05) is 13.7 Å². The first-order valence-corrected chi connectivity index (χ1v) is 5.78. The molecule has 0 aliphatic heterocycles. The molecule has 17 heavy (non-hydrogen) atoms. The Labute approximate surface area is 101 Å². The average Bonchev–Trinajstić information content (AvgIpc) is 2.27. The molecule has 0 aromatic heterocycles. The van der Waals surface area contributed by atoms with Gasteiger partial charge in [-0.2, -0.15) is 0 Å². The highest BCUT2D eigenvalue weighted by molar-refractivity contribution is 5.69. The number of aliphatic carboxylic acids is 1. The van der Waals surface area contributed by atoms with Gasteiger partial charge in [-0.15, -0.1) is 0 Å². The van der Waals surface area contributed by atoms with E-state index < -0.39 is 5.97 Å². The molecule has 4 heteroatoms. The second kappa shape index (κ2) is 5.19. The molecule has 2 N–H and O–H groups in total. The van der Waals surface area contributed by atoms with E-state index in [-0.39, 0.29) is 6.54 Å². The molecule has 0 saturated heterocycles. The number of carboxylic acid groups (broad SMARTS) is 1. The lowest BCUT2D eigenvalue weighted by molar-refractivity contribution is -0.136. The average molecular weight is 235 g/mol. The number of hydrogen-bond acceptors (Lipinski definition) is 3. The monoisotopic (exact) mass is 235 g/mol. The molecule has 1 saturated carbocycles. The molecule has 0 atom stereocenters. The van der Waals surface area contributed by atoms with Crippen LogP contribution in [0.1, 0.15) is 24.3 Å². The summed E-state index contributed by atoms with van der Waals surface area (Å²) in [6, 6.07) is 8.41. The highest BCUT2D eigenvalue weighted by Crippen LogP contribution is 2.37. The van der Waals surface area contributed by atoms with Crippen molar-refractivity contribution in [3.05, 3.63) is 29.8 Å². The van der Waals surface area contributed by atoms with Crippen LogP contribution in [-0.2, 0) is 4.79 Å². The molecular weight excluding hydrogens is 218 g/mol. The van der Waals surface area contributed by atoms with Gasteiger partial charge in [0.1, 0.15) is 5.75 Å². The molecule has 92 valence electrons. The molecule has 1 aliphatic carbocycles. The van der Waals surface area contributed by atoms with E-state index >= 15 is 0 Å². The largest absolute Gasteiger partial charge is 0.497 e. The topological polar surface area (TPSA) is 58.6 Å². The third-order valence-electron chi connectivity index (χ3n) is 3.25. The predicted octanol–water partition coefficient (Wildman–Crippen LogP) is 1.62. The van der Waals surface area contributed by atoms with E-state index in [0.29, 0.717) is 12.0 Å². The van der Waals surface area contributed by atoms with Crippen molar-refractivity contribution in [1.82, 2.24) is 5.32 Å². The summed E-state index contributed by atoms with van der Waals surface area (Å²) in [4.78, 5) is 10.4. The summed E-state index contributed by atoms with van der Waals surface area (Å²) in [5, 5.41) is 11.6. The highest BCUT2D eigenvalue weighted by Gasteiger charge is 2.30. The lowest BCUT2D eigenvalue weighted by atomic mass is 9.76. The molecule has 0 amide bonds. The Hall–Kier alpha value is -1.55. The minimum absolute atomic E-state index is 0.0511. The SMILES string of the molecule is COc1cccc(C2CC(NCC(=O)O)C2)c1. The standard InChI is InChI=1S/C13H17NO3/c1-17-12-4-2-3-9(7-12)10-5-11(6-10)14-8-13(15)16/h2-4,7,10-11,14H,5-6,8H2,1H3,(H,15,16). The molecule has 1 aromatic carbocycles. The van der Waals surface area contributed by atoms with Crippen molar-refractivity contribution in [2.24, 2.45) is 0 Å². The highest BCUT2D eigenvalue weighted by atomic mass is 16.5. The predicted molar refractivity (Wildman–Crippen MR) is 64.4 cm³/mol. The molecule has 4 nitrogen and oxygen atoms in total. The fraction of sp³-hybridized carbons (Fsp3) is 0.462. The molecule has 0 spiro atoms. The minimum Gasteiger partial charge on any atom is -0.497 e. The first kappa shape index (κ1) is 11.9. The van der Waals surface area contributed by atoms with Gasteiger partial charge in [-0.1, -0.05) is 12.1 Å². The van der Waals surface area contributed by atoms with Gasteiger partial charge in [-0.3, -0.25) is 4.79 Å². The molecule has 0 radical (unpaired) electrons.